The molecule has 0 fully saturated rings. The molecule has 0 saturated carbocycles. The van der Waals surface area contributed by atoms with Crippen LogP contribution in [0, 0.1) is 10.8 Å². The zero-order valence-corrected chi connectivity index (χ0v) is 13.2. The second kappa shape index (κ2) is 5.65. The van der Waals surface area contributed by atoms with E-state index in [4.69, 9.17) is 0 Å². The van der Waals surface area contributed by atoms with E-state index < -0.39 is 0 Å². The number of rotatable bonds is 4. The second-order valence-electron chi connectivity index (χ2n) is 6.48. The average molecular weight is 252 g/mol. The summed E-state index contributed by atoms with van der Waals surface area (Å²) >= 11 is 1.97. The minimum atomic E-state index is 0.337. The summed E-state index contributed by atoms with van der Waals surface area (Å²) in [6.07, 6.45) is 10.8. The molecule has 0 nitrogen and oxygen atoms in total. The van der Waals surface area contributed by atoms with Gasteiger partial charge >= 0.3 is 0 Å². The summed E-state index contributed by atoms with van der Waals surface area (Å²) < 4.78 is 0. The van der Waals surface area contributed by atoms with Crippen LogP contribution in [-0.4, -0.2) is 12.0 Å². The highest BCUT2D eigenvalue weighted by Crippen LogP contribution is 2.41. The first kappa shape index (κ1) is 14.9. The molecule has 0 heterocycles. The van der Waals surface area contributed by atoms with Gasteiger partial charge in [0.15, 0.2) is 0 Å². The topological polar surface area (TPSA) is 0 Å². The Morgan fingerprint density at radius 3 is 1.94 bits per heavy atom. The highest BCUT2D eigenvalue weighted by Gasteiger charge is 2.28. The van der Waals surface area contributed by atoms with Gasteiger partial charge in [-0.3, -0.25) is 0 Å². The fraction of sp³-hybridized carbons (Fsp3) is 0.750. The molecule has 1 atom stereocenters. The fourth-order valence-electron chi connectivity index (χ4n) is 2.51. The Balaban J connectivity index is 2.89. The van der Waals surface area contributed by atoms with Crippen LogP contribution >= 0.6 is 11.8 Å². The summed E-state index contributed by atoms with van der Waals surface area (Å²) in [6, 6.07) is 0. The minimum Gasteiger partial charge on any atom is -0.165 e. The summed E-state index contributed by atoms with van der Waals surface area (Å²) in [6.45, 7) is 11.7. The van der Waals surface area contributed by atoms with Crippen LogP contribution in [0.2, 0.25) is 0 Å². The van der Waals surface area contributed by atoms with Crippen molar-refractivity contribution >= 4 is 11.8 Å². The van der Waals surface area contributed by atoms with Gasteiger partial charge in [-0.25, -0.2) is 0 Å². The quantitative estimate of drug-likeness (QED) is 0.640. The van der Waals surface area contributed by atoms with Crippen molar-refractivity contribution in [3.8, 4) is 0 Å². The lowest BCUT2D eigenvalue weighted by molar-refractivity contribution is 0.409. The van der Waals surface area contributed by atoms with Crippen LogP contribution in [0.1, 0.15) is 53.9 Å². The molecule has 1 aliphatic carbocycles. The Bertz CT molecular complexity index is 317. The van der Waals surface area contributed by atoms with Gasteiger partial charge in [0.25, 0.3) is 0 Å². The molecule has 0 saturated heterocycles. The lowest BCUT2D eigenvalue weighted by Gasteiger charge is -2.34. The van der Waals surface area contributed by atoms with E-state index in [2.05, 4.69) is 53.0 Å². The van der Waals surface area contributed by atoms with Crippen molar-refractivity contribution in [1.82, 2.24) is 0 Å². The van der Waals surface area contributed by atoms with Gasteiger partial charge in [-0.05, 0) is 36.3 Å². The molecule has 1 aliphatic rings. The third-order valence-corrected chi connectivity index (χ3v) is 5.06. The molecule has 0 aliphatic heterocycles. The SMILES string of the molecule is CCC(C)(CSC)C1=CC=C(C(C)(C)C)CC1. The number of allylic oxidation sites excluding steroid dienone is 4. The molecule has 0 radical (unpaired) electrons. The van der Waals surface area contributed by atoms with Crippen LogP contribution in [-0.2, 0) is 0 Å². The number of hydrogen-bond donors (Lipinski definition) is 0. The summed E-state index contributed by atoms with van der Waals surface area (Å²) in [5.74, 6) is 1.24. The summed E-state index contributed by atoms with van der Waals surface area (Å²) in [4.78, 5) is 0. The molecule has 0 N–H and O–H groups in total. The summed E-state index contributed by atoms with van der Waals surface area (Å²) in [5.41, 5.74) is 4.00. The van der Waals surface area contributed by atoms with E-state index in [0.29, 0.717) is 10.8 Å². The first-order chi connectivity index (χ1) is 7.83. The Hall–Kier alpha value is -0.170. The number of thioether (sulfide) groups is 1. The van der Waals surface area contributed by atoms with Gasteiger partial charge in [0.1, 0.15) is 0 Å². The van der Waals surface area contributed by atoms with Gasteiger partial charge in [-0.2, -0.15) is 11.8 Å². The van der Waals surface area contributed by atoms with Crippen molar-refractivity contribution in [1.29, 1.82) is 0 Å². The highest BCUT2D eigenvalue weighted by atomic mass is 32.2. The minimum absolute atomic E-state index is 0.337. The third kappa shape index (κ3) is 3.64. The molecule has 1 heteroatoms. The first-order valence-electron chi connectivity index (χ1n) is 6.73. The van der Waals surface area contributed by atoms with Gasteiger partial charge in [-0.15, -0.1) is 0 Å². The largest absolute Gasteiger partial charge is 0.165 e. The molecule has 0 aromatic heterocycles. The van der Waals surface area contributed by atoms with Gasteiger partial charge in [-0.1, -0.05) is 57.9 Å². The smallest absolute Gasteiger partial charge is 0.00212 e. The maximum absolute atomic E-state index is 2.42. The van der Waals surface area contributed by atoms with Crippen molar-refractivity contribution in [2.45, 2.75) is 53.9 Å². The maximum Gasteiger partial charge on any atom is 0.00212 e. The lowest BCUT2D eigenvalue weighted by Crippen LogP contribution is -2.23. The van der Waals surface area contributed by atoms with E-state index in [0.717, 1.165) is 0 Å². The molecule has 0 amide bonds. The average Bonchev–Trinajstić information content (AvgIpc) is 2.28. The lowest BCUT2D eigenvalue weighted by atomic mass is 9.73. The van der Waals surface area contributed by atoms with E-state index in [1.807, 2.05) is 11.8 Å². The standard InChI is InChI=1S/C16H28S/c1-7-16(5,12-17-6)14-10-8-13(9-11-14)15(2,3)4/h8,10H,7,9,11-12H2,1-6H3. The van der Waals surface area contributed by atoms with Crippen molar-refractivity contribution in [2.24, 2.45) is 10.8 Å². The highest BCUT2D eigenvalue weighted by molar-refractivity contribution is 7.98. The van der Waals surface area contributed by atoms with E-state index in [1.54, 1.807) is 11.1 Å². The zero-order valence-electron chi connectivity index (χ0n) is 12.4. The molecule has 0 spiro atoms. The molecular weight excluding hydrogens is 224 g/mol. The Kier molecular flexibility index (Phi) is 4.95. The maximum atomic E-state index is 2.42. The van der Waals surface area contributed by atoms with Gasteiger partial charge in [0.2, 0.25) is 0 Å². The van der Waals surface area contributed by atoms with E-state index in [-0.39, 0.29) is 0 Å². The molecule has 1 rings (SSSR count). The zero-order chi connectivity index (χ0) is 13.1. The van der Waals surface area contributed by atoms with Crippen molar-refractivity contribution in [3.63, 3.8) is 0 Å². The van der Waals surface area contributed by atoms with Crippen LogP contribution in [0.5, 0.6) is 0 Å². The monoisotopic (exact) mass is 252 g/mol. The first-order valence-corrected chi connectivity index (χ1v) is 8.12. The molecule has 0 aromatic rings. The fourth-order valence-corrected chi connectivity index (χ4v) is 3.53. The van der Waals surface area contributed by atoms with E-state index in [1.165, 1.54) is 25.0 Å². The molecule has 1 unspecified atom stereocenters. The molecule has 17 heavy (non-hydrogen) atoms. The Morgan fingerprint density at radius 2 is 1.59 bits per heavy atom. The van der Waals surface area contributed by atoms with Crippen LogP contribution in [0.25, 0.3) is 0 Å². The van der Waals surface area contributed by atoms with Crippen molar-refractivity contribution < 1.29 is 0 Å². The van der Waals surface area contributed by atoms with E-state index in [9.17, 15) is 0 Å². The summed E-state index contributed by atoms with van der Waals surface area (Å²) in [5, 5.41) is 0. The molecule has 0 bridgehead atoms. The van der Waals surface area contributed by atoms with Crippen molar-refractivity contribution in [2.75, 3.05) is 12.0 Å². The molecule has 0 aromatic carbocycles. The second-order valence-corrected chi connectivity index (χ2v) is 7.35. The predicted octanol–water partition coefficient (Wildman–Crippen LogP) is 5.46. The van der Waals surface area contributed by atoms with Crippen LogP contribution in [0.4, 0.5) is 0 Å². The predicted molar refractivity (Wildman–Crippen MR) is 81.6 cm³/mol. The normalized spacial score (nSPS) is 20.6. The third-order valence-electron chi connectivity index (χ3n) is 4.13. The van der Waals surface area contributed by atoms with Crippen LogP contribution in [0.3, 0.4) is 0 Å². The van der Waals surface area contributed by atoms with Gasteiger partial charge in [0, 0.05) is 5.75 Å². The molecule has 98 valence electrons. The van der Waals surface area contributed by atoms with Crippen molar-refractivity contribution in [3.05, 3.63) is 23.3 Å². The number of hydrogen-bond acceptors (Lipinski definition) is 1. The van der Waals surface area contributed by atoms with Crippen LogP contribution < -0.4 is 0 Å². The van der Waals surface area contributed by atoms with Gasteiger partial charge in [0.05, 0.1) is 0 Å². The van der Waals surface area contributed by atoms with E-state index >= 15 is 0 Å². The Morgan fingerprint density at radius 1 is 1.06 bits per heavy atom. The van der Waals surface area contributed by atoms with Crippen LogP contribution in [0.15, 0.2) is 23.3 Å². The summed E-state index contributed by atoms with van der Waals surface area (Å²) in [7, 11) is 0. The molecular formula is C16H28S. The Labute approximate surface area is 112 Å². The van der Waals surface area contributed by atoms with Gasteiger partial charge < -0.3 is 0 Å².